The van der Waals surface area contributed by atoms with Gasteiger partial charge in [-0.15, -0.1) is 0 Å². The molecule has 0 saturated carbocycles. The van der Waals surface area contributed by atoms with Crippen molar-refractivity contribution in [2.45, 2.75) is 19.2 Å². The number of rotatable bonds is 6. The van der Waals surface area contributed by atoms with E-state index in [2.05, 4.69) is 0 Å². The van der Waals surface area contributed by atoms with Gasteiger partial charge in [-0.1, -0.05) is 91.0 Å². The smallest absolute Gasteiger partial charge is 0.340 e. The minimum absolute atomic E-state index is 0.184. The average molecular weight is 440 g/mol. The summed E-state index contributed by atoms with van der Waals surface area (Å²) in [6.45, 7) is 2.09. The van der Waals surface area contributed by atoms with Crippen LogP contribution in [0.4, 0.5) is 0 Å². The van der Waals surface area contributed by atoms with Gasteiger partial charge in [-0.3, -0.25) is 4.79 Å². The fourth-order valence-corrected chi connectivity index (χ4v) is 4.22. The first-order valence-corrected chi connectivity index (χ1v) is 10.7. The van der Waals surface area contributed by atoms with Crippen molar-refractivity contribution in [3.05, 3.63) is 131 Å². The first kappa shape index (κ1) is 22.2. The molecule has 0 bridgehead atoms. The van der Waals surface area contributed by atoms with E-state index < -0.39 is 11.7 Å². The predicted molar refractivity (Wildman–Crippen MR) is 126 cm³/mol. The quantitative estimate of drug-likeness (QED) is 0.345. The molecule has 0 spiro atoms. The largest absolute Gasteiger partial charge is 0.465 e. The summed E-state index contributed by atoms with van der Waals surface area (Å²) in [5.74, 6) is -0.916. The summed E-state index contributed by atoms with van der Waals surface area (Å²) in [5, 5.41) is 12.3. The topological polar surface area (TPSA) is 66.8 Å². The zero-order chi connectivity index (χ0) is 23.4. The molecule has 1 atom stereocenters. The predicted octanol–water partition coefficient (Wildman–Crippen LogP) is 4.60. The maximum absolute atomic E-state index is 13.2. The first-order valence-electron chi connectivity index (χ1n) is 10.7. The summed E-state index contributed by atoms with van der Waals surface area (Å²) in [6.07, 6.45) is 1.35. The molecule has 4 rings (SSSR count). The van der Waals surface area contributed by atoms with E-state index in [0.717, 1.165) is 5.56 Å². The van der Waals surface area contributed by atoms with Gasteiger partial charge in [-0.2, -0.15) is 0 Å². The number of carbonyl (C=O) groups is 2. The summed E-state index contributed by atoms with van der Waals surface area (Å²) in [4.78, 5) is 27.8. The minimum atomic E-state index is -1.74. The van der Waals surface area contributed by atoms with Crippen molar-refractivity contribution in [3.63, 3.8) is 0 Å². The SMILES string of the molecule is COC(=O)C1=C(C)N(Cc2ccccc2)C(O)(c2ccccc2)/C1=C\C(=O)c1ccccc1. The molecular weight excluding hydrogens is 414 g/mol. The maximum Gasteiger partial charge on any atom is 0.340 e. The van der Waals surface area contributed by atoms with Gasteiger partial charge in [0.1, 0.15) is 0 Å². The standard InChI is InChI=1S/C28H25NO4/c1-20-26(27(31)33-2)24(18-25(30)22-14-8-4-9-15-22)28(32,23-16-10-5-11-17-23)29(20)19-21-12-6-3-7-13-21/h3-18,32H,19H2,1-2H3/b24-18-. The zero-order valence-electron chi connectivity index (χ0n) is 18.6. The Bertz CT molecular complexity index is 1220. The van der Waals surface area contributed by atoms with Crippen LogP contribution in [0.1, 0.15) is 28.4 Å². The number of esters is 1. The number of hydrogen-bond donors (Lipinski definition) is 1. The molecule has 0 aromatic heterocycles. The number of hydrogen-bond acceptors (Lipinski definition) is 5. The Morgan fingerprint density at radius 2 is 1.45 bits per heavy atom. The van der Waals surface area contributed by atoms with E-state index in [1.807, 2.05) is 54.6 Å². The molecule has 1 unspecified atom stereocenters. The van der Waals surface area contributed by atoms with Gasteiger partial charge >= 0.3 is 5.97 Å². The Labute approximate surface area is 193 Å². The van der Waals surface area contributed by atoms with Gasteiger partial charge in [0.15, 0.2) is 11.5 Å². The van der Waals surface area contributed by atoms with E-state index in [0.29, 0.717) is 23.4 Å². The number of ketones is 1. The zero-order valence-corrected chi connectivity index (χ0v) is 18.6. The number of ether oxygens (including phenoxy) is 1. The fourth-order valence-electron chi connectivity index (χ4n) is 4.22. The molecule has 166 valence electrons. The molecule has 0 radical (unpaired) electrons. The molecule has 0 aliphatic carbocycles. The van der Waals surface area contributed by atoms with E-state index in [1.54, 1.807) is 48.2 Å². The third-order valence-corrected chi connectivity index (χ3v) is 5.89. The van der Waals surface area contributed by atoms with Gasteiger partial charge < -0.3 is 14.7 Å². The van der Waals surface area contributed by atoms with Crippen LogP contribution in [-0.4, -0.2) is 28.9 Å². The molecule has 0 fully saturated rings. The van der Waals surface area contributed by atoms with Crippen molar-refractivity contribution in [2.24, 2.45) is 0 Å². The van der Waals surface area contributed by atoms with Crippen LogP contribution >= 0.6 is 0 Å². The Hall–Kier alpha value is -3.96. The van der Waals surface area contributed by atoms with Crippen molar-refractivity contribution in [2.75, 3.05) is 7.11 Å². The summed E-state index contributed by atoms with van der Waals surface area (Å²) >= 11 is 0. The first-order chi connectivity index (χ1) is 16.0. The van der Waals surface area contributed by atoms with Crippen molar-refractivity contribution in [1.29, 1.82) is 0 Å². The summed E-state index contributed by atoms with van der Waals surface area (Å²) in [7, 11) is 1.29. The van der Waals surface area contributed by atoms with E-state index in [1.165, 1.54) is 13.2 Å². The maximum atomic E-state index is 13.2. The van der Waals surface area contributed by atoms with Crippen molar-refractivity contribution < 1.29 is 19.4 Å². The normalized spacial score (nSPS) is 19.1. The summed E-state index contributed by atoms with van der Waals surface area (Å²) in [6, 6.07) is 27.5. The van der Waals surface area contributed by atoms with E-state index in [-0.39, 0.29) is 16.9 Å². The Morgan fingerprint density at radius 3 is 2.03 bits per heavy atom. The summed E-state index contributed by atoms with van der Waals surface area (Å²) in [5.41, 5.74) is 1.13. The number of methoxy groups -OCH3 is 1. The highest BCUT2D eigenvalue weighted by Crippen LogP contribution is 2.48. The van der Waals surface area contributed by atoms with Crippen LogP contribution in [0.3, 0.4) is 0 Å². The molecule has 1 N–H and O–H groups in total. The van der Waals surface area contributed by atoms with Crippen LogP contribution < -0.4 is 0 Å². The second-order valence-corrected chi connectivity index (χ2v) is 7.85. The van der Waals surface area contributed by atoms with Crippen LogP contribution in [0, 0.1) is 0 Å². The van der Waals surface area contributed by atoms with Crippen molar-refractivity contribution >= 4 is 11.8 Å². The molecule has 1 aliphatic heterocycles. The molecule has 0 amide bonds. The second kappa shape index (κ2) is 9.27. The fraction of sp³-hybridized carbons (Fsp3) is 0.143. The van der Waals surface area contributed by atoms with E-state index in [4.69, 9.17) is 4.74 Å². The van der Waals surface area contributed by atoms with Gasteiger partial charge in [-0.05, 0) is 18.6 Å². The number of carbonyl (C=O) groups excluding carboxylic acids is 2. The van der Waals surface area contributed by atoms with E-state index in [9.17, 15) is 14.7 Å². The van der Waals surface area contributed by atoms with Crippen molar-refractivity contribution in [1.82, 2.24) is 4.90 Å². The molecule has 3 aromatic carbocycles. The number of allylic oxidation sites excluding steroid dienone is 2. The van der Waals surface area contributed by atoms with E-state index >= 15 is 0 Å². The lowest BCUT2D eigenvalue weighted by molar-refractivity contribution is -0.136. The highest BCUT2D eigenvalue weighted by atomic mass is 16.5. The van der Waals surface area contributed by atoms with Gasteiger partial charge in [0, 0.05) is 28.9 Å². The third-order valence-electron chi connectivity index (χ3n) is 5.89. The summed E-state index contributed by atoms with van der Waals surface area (Å²) < 4.78 is 5.06. The van der Waals surface area contributed by atoms with Crippen LogP contribution in [0.2, 0.25) is 0 Å². The van der Waals surface area contributed by atoms with Crippen LogP contribution in [0.5, 0.6) is 0 Å². The van der Waals surface area contributed by atoms with Crippen LogP contribution in [-0.2, 0) is 21.8 Å². The molecule has 1 aliphatic rings. The lowest BCUT2D eigenvalue weighted by atomic mass is 9.89. The van der Waals surface area contributed by atoms with Crippen LogP contribution in [0.15, 0.2) is 114 Å². The highest BCUT2D eigenvalue weighted by molar-refractivity contribution is 6.08. The molecular formula is C28H25NO4. The molecule has 5 heteroatoms. The number of nitrogens with zero attached hydrogens (tertiary/aromatic N) is 1. The molecule has 1 heterocycles. The number of benzene rings is 3. The Balaban J connectivity index is 1.93. The van der Waals surface area contributed by atoms with Gasteiger partial charge in [-0.25, -0.2) is 4.79 Å². The lowest BCUT2D eigenvalue weighted by Crippen LogP contribution is -2.42. The Kier molecular flexibility index (Phi) is 6.24. The molecule has 3 aromatic rings. The molecule has 0 saturated heterocycles. The Morgan fingerprint density at radius 1 is 0.909 bits per heavy atom. The lowest BCUT2D eigenvalue weighted by Gasteiger charge is -2.38. The number of aliphatic hydroxyl groups is 1. The monoisotopic (exact) mass is 439 g/mol. The van der Waals surface area contributed by atoms with Gasteiger partial charge in [0.2, 0.25) is 0 Å². The van der Waals surface area contributed by atoms with Crippen LogP contribution in [0.25, 0.3) is 0 Å². The van der Waals surface area contributed by atoms with Gasteiger partial charge in [0.25, 0.3) is 0 Å². The minimum Gasteiger partial charge on any atom is -0.465 e. The third kappa shape index (κ3) is 4.11. The molecule has 33 heavy (non-hydrogen) atoms. The molecule has 5 nitrogen and oxygen atoms in total. The second-order valence-electron chi connectivity index (χ2n) is 7.85. The highest BCUT2D eigenvalue weighted by Gasteiger charge is 2.50. The van der Waals surface area contributed by atoms with Crippen molar-refractivity contribution in [3.8, 4) is 0 Å². The average Bonchev–Trinajstić information content (AvgIpc) is 3.07. The van der Waals surface area contributed by atoms with Gasteiger partial charge in [0.05, 0.1) is 12.7 Å².